The molecule has 0 radical (unpaired) electrons. The highest BCUT2D eigenvalue weighted by molar-refractivity contribution is 5.86. The van der Waals surface area contributed by atoms with E-state index in [9.17, 15) is 35.4 Å². The fourth-order valence-corrected chi connectivity index (χ4v) is 3.67. The number of aliphatic hydroxyl groups excluding tert-OH is 4. The number of fused-ring (bicyclic) bond motifs is 1. The maximum Gasteiger partial charge on any atom is 0.200 e. The first-order chi connectivity index (χ1) is 14.3. The molecule has 9 nitrogen and oxygen atoms in total. The van der Waals surface area contributed by atoms with Crippen molar-refractivity contribution in [2.45, 2.75) is 30.5 Å². The van der Waals surface area contributed by atoms with Gasteiger partial charge in [-0.05, 0) is 29.8 Å². The van der Waals surface area contributed by atoms with Gasteiger partial charge in [-0.3, -0.25) is 4.79 Å². The Labute approximate surface area is 169 Å². The van der Waals surface area contributed by atoms with E-state index in [0.29, 0.717) is 5.56 Å². The maximum atomic E-state index is 13.0. The van der Waals surface area contributed by atoms with Crippen LogP contribution in [0.4, 0.5) is 0 Å². The quantitative estimate of drug-likeness (QED) is 0.355. The van der Waals surface area contributed by atoms with E-state index in [1.54, 1.807) is 12.1 Å². The summed E-state index contributed by atoms with van der Waals surface area (Å²) in [5.41, 5.74) is 0.150. The van der Waals surface area contributed by atoms with Crippen molar-refractivity contribution in [2.75, 3.05) is 6.61 Å². The smallest absolute Gasteiger partial charge is 0.200 e. The van der Waals surface area contributed by atoms with Crippen LogP contribution in [0.3, 0.4) is 0 Å². The number of hydrogen-bond acceptors (Lipinski definition) is 9. The van der Waals surface area contributed by atoms with E-state index in [2.05, 4.69) is 0 Å². The molecule has 6 N–H and O–H groups in total. The number of phenolic OH excluding ortho intramolecular Hbond substituents is 2. The minimum atomic E-state index is -1.65. The molecular formula is C21H20O9. The Morgan fingerprint density at radius 2 is 1.60 bits per heavy atom. The molecule has 0 amide bonds. The summed E-state index contributed by atoms with van der Waals surface area (Å²) in [6.45, 7) is -0.637. The molecule has 4 rings (SSSR count). The molecule has 2 heterocycles. The Kier molecular flexibility index (Phi) is 5.22. The van der Waals surface area contributed by atoms with Crippen molar-refractivity contribution in [2.24, 2.45) is 0 Å². The monoisotopic (exact) mass is 416 g/mol. The Hall–Kier alpha value is -2.95. The zero-order valence-corrected chi connectivity index (χ0v) is 15.5. The van der Waals surface area contributed by atoms with Crippen molar-refractivity contribution >= 4 is 11.0 Å². The number of aliphatic hydroxyl groups is 4. The van der Waals surface area contributed by atoms with Crippen LogP contribution in [-0.4, -0.2) is 61.7 Å². The second-order valence-electron chi connectivity index (χ2n) is 7.15. The van der Waals surface area contributed by atoms with Gasteiger partial charge < -0.3 is 39.8 Å². The summed E-state index contributed by atoms with van der Waals surface area (Å²) >= 11 is 0. The average Bonchev–Trinajstić information content (AvgIpc) is 2.74. The van der Waals surface area contributed by atoms with Crippen LogP contribution in [0.1, 0.15) is 11.7 Å². The lowest BCUT2D eigenvalue weighted by Gasteiger charge is -2.40. The van der Waals surface area contributed by atoms with Gasteiger partial charge in [0.05, 0.1) is 23.1 Å². The predicted octanol–water partition coefficient (Wildman–Crippen LogP) is 0.386. The van der Waals surface area contributed by atoms with Gasteiger partial charge >= 0.3 is 0 Å². The largest absolute Gasteiger partial charge is 0.508 e. The third-order valence-electron chi connectivity index (χ3n) is 5.31. The van der Waals surface area contributed by atoms with Gasteiger partial charge in [0.2, 0.25) is 5.43 Å². The van der Waals surface area contributed by atoms with Gasteiger partial charge in [0.25, 0.3) is 0 Å². The lowest BCUT2D eigenvalue weighted by atomic mass is 9.89. The molecule has 3 aromatic rings. The van der Waals surface area contributed by atoms with Crippen LogP contribution in [0.5, 0.6) is 11.5 Å². The minimum absolute atomic E-state index is 0.0405. The van der Waals surface area contributed by atoms with E-state index >= 15 is 0 Å². The number of benzene rings is 2. The van der Waals surface area contributed by atoms with Crippen molar-refractivity contribution < 1.29 is 39.8 Å². The van der Waals surface area contributed by atoms with E-state index in [1.165, 1.54) is 30.5 Å². The first kappa shape index (κ1) is 20.3. The maximum absolute atomic E-state index is 13.0. The van der Waals surface area contributed by atoms with Gasteiger partial charge in [-0.2, -0.15) is 0 Å². The first-order valence-corrected chi connectivity index (χ1v) is 9.20. The van der Waals surface area contributed by atoms with Crippen molar-refractivity contribution in [1.82, 2.24) is 0 Å². The van der Waals surface area contributed by atoms with Gasteiger partial charge in [0, 0.05) is 0 Å². The molecule has 5 atom stereocenters. The van der Waals surface area contributed by atoms with Gasteiger partial charge in [-0.1, -0.05) is 12.1 Å². The van der Waals surface area contributed by atoms with Crippen LogP contribution in [0, 0.1) is 0 Å². The zero-order chi connectivity index (χ0) is 21.6. The van der Waals surface area contributed by atoms with E-state index in [0.717, 1.165) is 0 Å². The standard InChI is InChI=1S/C21H20O9/c22-7-14-17(26)18(27)19(28)21(30-14)15-13(24)6-5-11-16(25)12(8-29-20(11)15)9-1-3-10(23)4-2-9/h1-6,8,14,17-19,21-24,26-28H,7H2/t14-,17+,18+,19-,21+/m0/s1. The van der Waals surface area contributed by atoms with Gasteiger partial charge in [0.15, 0.2) is 0 Å². The molecule has 1 fully saturated rings. The van der Waals surface area contributed by atoms with Crippen molar-refractivity contribution in [3.63, 3.8) is 0 Å². The van der Waals surface area contributed by atoms with E-state index in [4.69, 9.17) is 9.15 Å². The van der Waals surface area contributed by atoms with E-state index in [1.807, 2.05) is 0 Å². The second kappa shape index (κ2) is 7.71. The van der Waals surface area contributed by atoms with Crippen LogP contribution < -0.4 is 5.43 Å². The highest BCUT2D eigenvalue weighted by atomic mass is 16.5. The van der Waals surface area contributed by atoms with E-state index in [-0.39, 0.29) is 33.6 Å². The molecule has 30 heavy (non-hydrogen) atoms. The van der Waals surface area contributed by atoms with Crippen molar-refractivity contribution in [3.05, 3.63) is 58.4 Å². The zero-order valence-electron chi connectivity index (χ0n) is 15.5. The van der Waals surface area contributed by atoms with Crippen LogP contribution in [0.25, 0.3) is 22.1 Å². The molecule has 1 aliphatic rings. The normalized spacial score (nSPS) is 26.7. The SMILES string of the molecule is O=c1c(-c2ccc(O)cc2)coc2c([C@H]3O[C@@H](CO)[C@@H](O)[C@@H](O)[C@@H]3O)c(O)ccc12. The number of aromatic hydroxyl groups is 2. The molecule has 158 valence electrons. The van der Waals surface area contributed by atoms with Gasteiger partial charge in [-0.25, -0.2) is 0 Å². The molecular weight excluding hydrogens is 396 g/mol. The van der Waals surface area contributed by atoms with Gasteiger partial charge in [-0.15, -0.1) is 0 Å². The molecule has 9 heteroatoms. The van der Waals surface area contributed by atoms with Crippen molar-refractivity contribution in [3.8, 4) is 22.6 Å². The summed E-state index contributed by atoms with van der Waals surface area (Å²) in [4.78, 5) is 13.0. The third-order valence-corrected chi connectivity index (χ3v) is 5.31. The highest BCUT2D eigenvalue weighted by Crippen LogP contribution is 2.40. The predicted molar refractivity (Wildman–Crippen MR) is 104 cm³/mol. The topological polar surface area (TPSA) is 161 Å². The molecule has 1 aliphatic heterocycles. The fourth-order valence-electron chi connectivity index (χ4n) is 3.67. The fraction of sp³-hybridized carbons (Fsp3) is 0.286. The Morgan fingerprint density at radius 1 is 0.900 bits per heavy atom. The number of rotatable bonds is 3. The summed E-state index contributed by atoms with van der Waals surface area (Å²) in [7, 11) is 0. The Bertz CT molecular complexity index is 1120. The summed E-state index contributed by atoms with van der Waals surface area (Å²) in [5.74, 6) is -0.314. The highest BCUT2D eigenvalue weighted by Gasteiger charge is 2.45. The average molecular weight is 416 g/mol. The van der Waals surface area contributed by atoms with Crippen LogP contribution in [0.15, 0.2) is 51.9 Å². The molecule has 0 bridgehead atoms. The summed E-state index contributed by atoms with van der Waals surface area (Å²) in [5, 5.41) is 59.8. The van der Waals surface area contributed by atoms with Crippen molar-refractivity contribution in [1.29, 1.82) is 0 Å². The second-order valence-corrected chi connectivity index (χ2v) is 7.15. The lowest BCUT2D eigenvalue weighted by molar-refractivity contribution is -0.231. The minimum Gasteiger partial charge on any atom is -0.508 e. The van der Waals surface area contributed by atoms with Crippen LogP contribution in [-0.2, 0) is 4.74 Å². The number of phenols is 2. The Morgan fingerprint density at radius 3 is 2.27 bits per heavy atom. The summed E-state index contributed by atoms with van der Waals surface area (Å²) in [6, 6.07) is 8.54. The van der Waals surface area contributed by atoms with Crippen LogP contribution >= 0.6 is 0 Å². The first-order valence-electron chi connectivity index (χ1n) is 9.20. The molecule has 2 aromatic carbocycles. The summed E-state index contributed by atoms with van der Waals surface area (Å²) in [6.07, 6.45) is -6.24. The lowest BCUT2D eigenvalue weighted by Crippen LogP contribution is -2.55. The van der Waals surface area contributed by atoms with Crippen LogP contribution in [0.2, 0.25) is 0 Å². The summed E-state index contributed by atoms with van der Waals surface area (Å²) < 4.78 is 11.1. The van der Waals surface area contributed by atoms with Gasteiger partial charge in [0.1, 0.15) is 53.9 Å². The molecule has 0 saturated carbocycles. The van der Waals surface area contributed by atoms with E-state index < -0.39 is 42.6 Å². The molecule has 0 aliphatic carbocycles. The Balaban J connectivity index is 1.87. The third kappa shape index (κ3) is 3.22. The molecule has 1 saturated heterocycles. The molecule has 1 aromatic heterocycles. The molecule has 0 unspecified atom stereocenters. The number of ether oxygens (including phenoxy) is 1. The molecule has 0 spiro atoms. The number of hydrogen-bond donors (Lipinski definition) is 6.